The lowest BCUT2D eigenvalue weighted by Gasteiger charge is -2.09. The standard InChI is InChI=1S/C12H7ClF3NO3S/c13-21(18,19)10-3-1-9(2-4-10)20-11-7-8(5-6-17-11)12(14,15)16/h1-7H. The highest BCUT2D eigenvalue weighted by atomic mass is 35.7. The molecule has 0 aliphatic carbocycles. The Hall–Kier alpha value is -1.80. The number of hydrogen-bond donors (Lipinski definition) is 0. The van der Waals surface area contributed by atoms with Crippen molar-refractivity contribution in [3.63, 3.8) is 0 Å². The summed E-state index contributed by atoms with van der Waals surface area (Å²) in [6.07, 6.45) is -3.53. The van der Waals surface area contributed by atoms with Crippen LogP contribution in [0.1, 0.15) is 5.56 Å². The molecule has 21 heavy (non-hydrogen) atoms. The minimum absolute atomic E-state index is 0.130. The van der Waals surface area contributed by atoms with Crippen LogP contribution >= 0.6 is 10.7 Å². The van der Waals surface area contributed by atoms with Crippen LogP contribution in [0.15, 0.2) is 47.5 Å². The number of halogens is 4. The molecule has 1 heterocycles. The van der Waals surface area contributed by atoms with Crippen LogP contribution < -0.4 is 4.74 Å². The summed E-state index contributed by atoms with van der Waals surface area (Å²) in [5.74, 6) is -0.128. The quantitative estimate of drug-likeness (QED) is 0.799. The molecule has 0 bridgehead atoms. The Kier molecular flexibility index (Phi) is 4.11. The Balaban J connectivity index is 2.23. The van der Waals surface area contributed by atoms with E-state index in [1.807, 2.05) is 0 Å². The van der Waals surface area contributed by atoms with Gasteiger partial charge in [-0.25, -0.2) is 13.4 Å². The average molecular weight is 338 g/mol. The zero-order valence-corrected chi connectivity index (χ0v) is 11.7. The Bertz CT molecular complexity index is 745. The first-order chi connectivity index (χ1) is 9.66. The fourth-order valence-corrected chi connectivity index (χ4v) is 2.20. The fraction of sp³-hybridized carbons (Fsp3) is 0.0833. The summed E-state index contributed by atoms with van der Waals surface area (Å²) in [5, 5.41) is 0. The summed E-state index contributed by atoms with van der Waals surface area (Å²) >= 11 is 0. The van der Waals surface area contributed by atoms with Crippen molar-refractivity contribution in [3.05, 3.63) is 48.2 Å². The molecule has 1 aromatic heterocycles. The van der Waals surface area contributed by atoms with Gasteiger partial charge < -0.3 is 4.74 Å². The van der Waals surface area contributed by atoms with Gasteiger partial charge >= 0.3 is 6.18 Å². The summed E-state index contributed by atoms with van der Waals surface area (Å²) in [6.45, 7) is 0. The van der Waals surface area contributed by atoms with Gasteiger partial charge in [0.1, 0.15) is 5.75 Å². The van der Waals surface area contributed by atoms with Crippen LogP contribution in [0.2, 0.25) is 0 Å². The molecular formula is C12H7ClF3NO3S. The molecule has 1 aromatic carbocycles. The average Bonchev–Trinajstić information content (AvgIpc) is 2.37. The minimum Gasteiger partial charge on any atom is -0.439 e. The van der Waals surface area contributed by atoms with Gasteiger partial charge in [-0.05, 0) is 30.3 Å². The molecule has 0 unspecified atom stereocenters. The van der Waals surface area contributed by atoms with Gasteiger partial charge in [0.25, 0.3) is 9.05 Å². The van der Waals surface area contributed by atoms with Gasteiger partial charge in [0.2, 0.25) is 5.88 Å². The predicted molar refractivity (Wildman–Crippen MR) is 68.8 cm³/mol. The molecule has 0 N–H and O–H groups in total. The van der Waals surface area contributed by atoms with E-state index in [9.17, 15) is 21.6 Å². The second-order valence-corrected chi connectivity index (χ2v) is 6.46. The summed E-state index contributed by atoms with van der Waals surface area (Å²) < 4.78 is 64.8. The highest BCUT2D eigenvalue weighted by Crippen LogP contribution is 2.31. The summed E-state index contributed by atoms with van der Waals surface area (Å²) in [5.41, 5.74) is -0.896. The molecule has 0 aliphatic rings. The third-order valence-corrected chi connectivity index (χ3v) is 3.76. The molecule has 112 valence electrons. The number of pyridine rings is 1. The maximum absolute atomic E-state index is 12.5. The first kappa shape index (κ1) is 15.6. The molecule has 0 spiro atoms. The van der Waals surface area contributed by atoms with Gasteiger partial charge in [-0.2, -0.15) is 13.2 Å². The van der Waals surface area contributed by atoms with E-state index < -0.39 is 20.8 Å². The van der Waals surface area contributed by atoms with Gasteiger partial charge in [-0.1, -0.05) is 0 Å². The molecule has 0 aliphatic heterocycles. The lowest BCUT2D eigenvalue weighted by atomic mass is 10.2. The maximum atomic E-state index is 12.5. The van der Waals surface area contributed by atoms with E-state index in [4.69, 9.17) is 15.4 Å². The van der Waals surface area contributed by atoms with Gasteiger partial charge in [-0.15, -0.1) is 0 Å². The Morgan fingerprint density at radius 3 is 2.24 bits per heavy atom. The Labute approximate surface area is 122 Å². The monoisotopic (exact) mass is 337 g/mol. The van der Waals surface area contributed by atoms with Gasteiger partial charge in [-0.3, -0.25) is 0 Å². The SMILES string of the molecule is O=S(=O)(Cl)c1ccc(Oc2cc(C(F)(F)F)ccn2)cc1. The zero-order valence-electron chi connectivity index (χ0n) is 10.1. The largest absolute Gasteiger partial charge is 0.439 e. The number of benzene rings is 1. The van der Waals surface area contributed by atoms with Crippen molar-refractivity contribution >= 4 is 19.7 Å². The zero-order chi connectivity index (χ0) is 15.7. The lowest BCUT2D eigenvalue weighted by molar-refractivity contribution is -0.137. The Morgan fingerprint density at radius 1 is 1.10 bits per heavy atom. The first-order valence-electron chi connectivity index (χ1n) is 5.42. The van der Waals surface area contributed by atoms with E-state index in [0.29, 0.717) is 0 Å². The number of rotatable bonds is 3. The number of ether oxygens (including phenoxy) is 1. The highest BCUT2D eigenvalue weighted by Gasteiger charge is 2.31. The highest BCUT2D eigenvalue weighted by molar-refractivity contribution is 8.13. The maximum Gasteiger partial charge on any atom is 0.416 e. The van der Waals surface area contributed by atoms with Crippen molar-refractivity contribution in [1.29, 1.82) is 0 Å². The third-order valence-electron chi connectivity index (χ3n) is 2.39. The second kappa shape index (κ2) is 5.53. The first-order valence-corrected chi connectivity index (χ1v) is 7.73. The van der Waals surface area contributed by atoms with E-state index >= 15 is 0 Å². The van der Waals surface area contributed by atoms with Gasteiger partial charge in [0.05, 0.1) is 10.5 Å². The van der Waals surface area contributed by atoms with Crippen molar-refractivity contribution in [2.45, 2.75) is 11.1 Å². The number of nitrogens with zero attached hydrogens (tertiary/aromatic N) is 1. The third kappa shape index (κ3) is 4.08. The molecule has 0 radical (unpaired) electrons. The molecule has 2 rings (SSSR count). The number of hydrogen-bond acceptors (Lipinski definition) is 4. The van der Waals surface area contributed by atoms with Crippen molar-refractivity contribution in [1.82, 2.24) is 4.98 Å². The van der Waals surface area contributed by atoms with Crippen molar-refractivity contribution in [2.24, 2.45) is 0 Å². The van der Waals surface area contributed by atoms with E-state index in [2.05, 4.69) is 4.98 Å². The summed E-state index contributed by atoms with van der Waals surface area (Å²) in [6, 6.07) is 6.42. The van der Waals surface area contributed by atoms with Gasteiger partial charge in [0, 0.05) is 22.9 Å². The molecule has 0 saturated heterocycles. The van der Waals surface area contributed by atoms with Crippen LogP contribution in [0.25, 0.3) is 0 Å². The topological polar surface area (TPSA) is 56.3 Å². The molecule has 9 heteroatoms. The second-order valence-electron chi connectivity index (χ2n) is 3.89. The summed E-state index contributed by atoms with van der Waals surface area (Å²) in [4.78, 5) is 3.51. The smallest absolute Gasteiger partial charge is 0.416 e. The van der Waals surface area contributed by atoms with Crippen molar-refractivity contribution < 1.29 is 26.3 Å². The molecule has 0 atom stereocenters. The number of alkyl halides is 3. The number of aromatic nitrogens is 1. The van der Waals surface area contributed by atoms with E-state index in [1.54, 1.807) is 0 Å². The van der Waals surface area contributed by atoms with Gasteiger partial charge in [0.15, 0.2) is 0 Å². The molecule has 0 saturated carbocycles. The summed E-state index contributed by atoms with van der Waals surface area (Å²) in [7, 11) is 1.27. The van der Waals surface area contributed by atoms with Crippen LogP contribution in [0, 0.1) is 0 Å². The molecule has 2 aromatic rings. The normalized spacial score (nSPS) is 12.2. The van der Waals surface area contributed by atoms with Crippen LogP contribution in [-0.2, 0) is 15.2 Å². The molecule has 0 amide bonds. The molecule has 0 fully saturated rings. The molecule has 4 nitrogen and oxygen atoms in total. The fourth-order valence-electron chi connectivity index (χ4n) is 1.43. The van der Waals surface area contributed by atoms with E-state index in [-0.39, 0.29) is 16.5 Å². The van der Waals surface area contributed by atoms with Crippen LogP contribution in [0.4, 0.5) is 13.2 Å². The van der Waals surface area contributed by atoms with Crippen molar-refractivity contribution in [3.8, 4) is 11.6 Å². The molecular weight excluding hydrogens is 331 g/mol. The predicted octanol–water partition coefficient (Wildman–Crippen LogP) is 3.82. The van der Waals surface area contributed by atoms with Crippen LogP contribution in [0.5, 0.6) is 11.6 Å². The Morgan fingerprint density at radius 2 is 1.71 bits per heavy atom. The van der Waals surface area contributed by atoms with Crippen LogP contribution in [-0.4, -0.2) is 13.4 Å². The minimum atomic E-state index is -4.50. The van der Waals surface area contributed by atoms with Crippen molar-refractivity contribution in [2.75, 3.05) is 0 Å². The van der Waals surface area contributed by atoms with E-state index in [0.717, 1.165) is 18.3 Å². The lowest BCUT2D eigenvalue weighted by Crippen LogP contribution is -2.05. The van der Waals surface area contributed by atoms with Crippen LogP contribution in [0.3, 0.4) is 0 Å². The van der Waals surface area contributed by atoms with E-state index in [1.165, 1.54) is 24.3 Å².